The number of morpholine rings is 1. The highest BCUT2D eigenvalue weighted by atomic mass is 16.5. The first-order chi connectivity index (χ1) is 12.1. The normalized spacial score (nSPS) is 20.4. The predicted octanol–water partition coefficient (Wildman–Crippen LogP) is 2.78. The maximum Gasteiger partial charge on any atom is 0.257 e. The first-order valence-corrected chi connectivity index (χ1v) is 8.95. The Morgan fingerprint density at radius 1 is 1.28 bits per heavy atom. The number of fused-ring (bicyclic) bond motifs is 1. The van der Waals surface area contributed by atoms with Crippen LogP contribution < -0.4 is 0 Å². The third-order valence-electron chi connectivity index (χ3n) is 5.02. The van der Waals surface area contributed by atoms with Gasteiger partial charge in [-0.2, -0.15) is 0 Å². The SMILES string of the molecule is Cc1ccnc([C@H]2CN(C(=O)c3c(C)oc4c3CCCC4)CCO2)n1. The fourth-order valence-corrected chi connectivity index (χ4v) is 3.75. The second-order valence-corrected chi connectivity index (χ2v) is 6.81. The molecule has 3 heterocycles. The largest absolute Gasteiger partial charge is 0.465 e. The summed E-state index contributed by atoms with van der Waals surface area (Å²) >= 11 is 0. The fraction of sp³-hybridized carbons (Fsp3) is 0.526. The number of hydrogen-bond acceptors (Lipinski definition) is 5. The Balaban J connectivity index is 1.57. The number of aryl methyl sites for hydroxylation is 3. The summed E-state index contributed by atoms with van der Waals surface area (Å²) < 4.78 is 11.7. The minimum Gasteiger partial charge on any atom is -0.465 e. The van der Waals surface area contributed by atoms with E-state index in [1.165, 1.54) is 0 Å². The summed E-state index contributed by atoms with van der Waals surface area (Å²) in [5, 5.41) is 0. The number of nitrogens with zero attached hydrogens (tertiary/aromatic N) is 3. The molecule has 6 nitrogen and oxygen atoms in total. The molecule has 0 saturated carbocycles. The highest BCUT2D eigenvalue weighted by Crippen LogP contribution is 2.31. The van der Waals surface area contributed by atoms with E-state index in [1.807, 2.05) is 24.8 Å². The van der Waals surface area contributed by atoms with Crippen LogP contribution in [0, 0.1) is 13.8 Å². The van der Waals surface area contributed by atoms with Crippen LogP contribution in [0.1, 0.15) is 57.9 Å². The summed E-state index contributed by atoms with van der Waals surface area (Å²) in [4.78, 5) is 23.8. The Bertz CT molecular complexity index is 799. The first-order valence-electron chi connectivity index (χ1n) is 8.95. The van der Waals surface area contributed by atoms with Crippen molar-refractivity contribution in [3.05, 3.63) is 46.4 Å². The molecule has 1 amide bonds. The Labute approximate surface area is 147 Å². The van der Waals surface area contributed by atoms with E-state index in [4.69, 9.17) is 9.15 Å². The van der Waals surface area contributed by atoms with E-state index in [-0.39, 0.29) is 12.0 Å². The smallest absolute Gasteiger partial charge is 0.257 e. The van der Waals surface area contributed by atoms with Gasteiger partial charge in [0.05, 0.1) is 18.7 Å². The van der Waals surface area contributed by atoms with Gasteiger partial charge in [0.1, 0.15) is 17.6 Å². The maximum absolute atomic E-state index is 13.2. The average molecular weight is 341 g/mol. The predicted molar refractivity (Wildman–Crippen MR) is 91.5 cm³/mol. The summed E-state index contributed by atoms with van der Waals surface area (Å²) in [6.45, 7) is 5.38. The summed E-state index contributed by atoms with van der Waals surface area (Å²) in [5.41, 5.74) is 2.78. The van der Waals surface area contributed by atoms with Crippen LogP contribution in [0.15, 0.2) is 16.7 Å². The lowest BCUT2D eigenvalue weighted by Gasteiger charge is -2.32. The van der Waals surface area contributed by atoms with Crippen molar-refractivity contribution >= 4 is 5.91 Å². The topological polar surface area (TPSA) is 68.5 Å². The lowest BCUT2D eigenvalue weighted by molar-refractivity contribution is -0.0269. The fourth-order valence-electron chi connectivity index (χ4n) is 3.75. The number of rotatable bonds is 2. The molecule has 0 aromatic carbocycles. The van der Waals surface area contributed by atoms with Gasteiger partial charge in [0.2, 0.25) is 0 Å². The zero-order chi connectivity index (χ0) is 17.4. The Morgan fingerprint density at radius 3 is 2.96 bits per heavy atom. The van der Waals surface area contributed by atoms with Crippen LogP contribution in [-0.2, 0) is 17.6 Å². The van der Waals surface area contributed by atoms with Crippen LogP contribution in [0.3, 0.4) is 0 Å². The van der Waals surface area contributed by atoms with Crippen molar-refractivity contribution in [1.82, 2.24) is 14.9 Å². The second-order valence-electron chi connectivity index (χ2n) is 6.81. The van der Waals surface area contributed by atoms with Crippen LogP contribution in [0.25, 0.3) is 0 Å². The van der Waals surface area contributed by atoms with Gasteiger partial charge in [-0.05, 0) is 39.2 Å². The molecule has 0 unspecified atom stereocenters. The van der Waals surface area contributed by atoms with Gasteiger partial charge in [0, 0.05) is 30.4 Å². The van der Waals surface area contributed by atoms with Gasteiger partial charge in [-0.3, -0.25) is 4.79 Å². The molecule has 0 radical (unpaired) electrons. The van der Waals surface area contributed by atoms with E-state index >= 15 is 0 Å². The number of aromatic nitrogens is 2. The molecular weight excluding hydrogens is 318 g/mol. The van der Waals surface area contributed by atoms with E-state index < -0.39 is 0 Å². The standard InChI is InChI=1S/C19H23N3O3/c1-12-7-8-20-18(21-12)16-11-22(9-10-24-16)19(23)17-13(2)25-15-6-4-3-5-14(15)17/h7-8,16H,3-6,9-11H2,1-2H3/t16-/m1/s1. The summed E-state index contributed by atoms with van der Waals surface area (Å²) in [7, 11) is 0. The van der Waals surface area contributed by atoms with E-state index in [9.17, 15) is 4.79 Å². The summed E-state index contributed by atoms with van der Waals surface area (Å²) in [5.74, 6) is 2.43. The highest BCUT2D eigenvalue weighted by Gasteiger charge is 2.32. The van der Waals surface area contributed by atoms with Crippen LogP contribution in [0.5, 0.6) is 0 Å². The molecule has 132 valence electrons. The van der Waals surface area contributed by atoms with Crippen molar-refractivity contribution in [3.63, 3.8) is 0 Å². The summed E-state index contributed by atoms with van der Waals surface area (Å²) in [6.07, 6.45) is 5.58. The molecule has 1 fully saturated rings. The molecule has 0 spiro atoms. The van der Waals surface area contributed by atoms with Crippen molar-refractivity contribution in [2.75, 3.05) is 19.7 Å². The minimum absolute atomic E-state index is 0.0466. The van der Waals surface area contributed by atoms with Gasteiger partial charge in [-0.15, -0.1) is 0 Å². The zero-order valence-corrected chi connectivity index (χ0v) is 14.7. The van der Waals surface area contributed by atoms with Gasteiger partial charge in [-0.1, -0.05) is 0 Å². The van der Waals surface area contributed by atoms with Gasteiger partial charge < -0.3 is 14.1 Å². The van der Waals surface area contributed by atoms with Gasteiger partial charge in [-0.25, -0.2) is 9.97 Å². The van der Waals surface area contributed by atoms with Gasteiger partial charge in [0.25, 0.3) is 5.91 Å². The zero-order valence-electron chi connectivity index (χ0n) is 14.7. The Hall–Kier alpha value is -2.21. The molecule has 2 aliphatic rings. The minimum atomic E-state index is -0.277. The van der Waals surface area contributed by atoms with Crippen LogP contribution >= 0.6 is 0 Å². The number of carbonyl (C=O) groups is 1. The molecule has 1 aliphatic heterocycles. The van der Waals surface area contributed by atoms with E-state index in [0.29, 0.717) is 25.5 Å². The highest BCUT2D eigenvalue weighted by molar-refractivity contribution is 5.97. The second kappa shape index (κ2) is 6.59. The molecule has 1 saturated heterocycles. The molecule has 2 aromatic heterocycles. The molecule has 2 aromatic rings. The van der Waals surface area contributed by atoms with Crippen molar-refractivity contribution in [2.45, 2.75) is 45.6 Å². The third-order valence-corrected chi connectivity index (χ3v) is 5.02. The molecule has 1 aliphatic carbocycles. The van der Waals surface area contributed by atoms with Crippen molar-refractivity contribution < 1.29 is 13.9 Å². The van der Waals surface area contributed by atoms with Gasteiger partial charge in [0.15, 0.2) is 5.82 Å². The maximum atomic E-state index is 13.2. The van der Waals surface area contributed by atoms with E-state index in [2.05, 4.69) is 9.97 Å². The van der Waals surface area contributed by atoms with Crippen LogP contribution in [0.4, 0.5) is 0 Å². The average Bonchev–Trinajstić information content (AvgIpc) is 2.97. The van der Waals surface area contributed by atoms with Crippen molar-refractivity contribution in [2.24, 2.45) is 0 Å². The molecule has 1 atom stereocenters. The first kappa shape index (κ1) is 16.3. The quantitative estimate of drug-likeness (QED) is 0.840. The number of ether oxygens (including phenoxy) is 1. The van der Waals surface area contributed by atoms with Gasteiger partial charge >= 0.3 is 0 Å². The Morgan fingerprint density at radius 2 is 2.12 bits per heavy atom. The number of amides is 1. The molecule has 0 N–H and O–H groups in total. The third kappa shape index (κ3) is 3.06. The van der Waals surface area contributed by atoms with Crippen LogP contribution in [0.2, 0.25) is 0 Å². The Kier molecular flexibility index (Phi) is 4.29. The van der Waals surface area contributed by atoms with Crippen molar-refractivity contribution in [3.8, 4) is 0 Å². The number of hydrogen-bond donors (Lipinski definition) is 0. The van der Waals surface area contributed by atoms with Crippen molar-refractivity contribution in [1.29, 1.82) is 0 Å². The van der Waals surface area contributed by atoms with E-state index in [0.717, 1.165) is 54.0 Å². The van der Waals surface area contributed by atoms with Crippen LogP contribution in [-0.4, -0.2) is 40.5 Å². The molecule has 0 bridgehead atoms. The summed E-state index contributed by atoms with van der Waals surface area (Å²) in [6, 6.07) is 1.86. The molecule has 4 rings (SSSR count). The lowest BCUT2D eigenvalue weighted by Crippen LogP contribution is -2.43. The number of furan rings is 1. The molecule has 6 heteroatoms. The lowest BCUT2D eigenvalue weighted by atomic mass is 9.94. The van der Waals surface area contributed by atoms with E-state index in [1.54, 1.807) is 6.20 Å². The monoisotopic (exact) mass is 341 g/mol. The molecule has 25 heavy (non-hydrogen) atoms. The number of carbonyl (C=O) groups excluding carboxylic acids is 1. The molecular formula is C19H23N3O3.